The number of nitrogens with zero attached hydrogens (tertiary/aromatic N) is 1. The highest BCUT2D eigenvalue weighted by Crippen LogP contribution is 2.17. The van der Waals surface area contributed by atoms with Gasteiger partial charge >= 0.3 is 11.9 Å². The largest absolute Gasteiger partial charge is 0.469 e. The number of methoxy groups -OCH3 is 2. The summed E-state index contributed by atoms with van der Waals surface area (Å²) in [6, 6.07) is 7.74. The molecule has 0 unspecified atom stereocenters. The van der Waals surface area contributed by atoms with E-state index in [1.54, 1.807) is 6.07 Å². The van der Waals surface area contributed by atoms with Crippen molar-refractivity contribution in [1.29, 1.82) is 0 Å². The SMILES string of the molecule is COC(=O)CCNC(=O)c1ccc(CN)cc1F.[C-]#[N+]c1ccc(C(=O)NCCC(=O)OC)c(F)c1.[HH]. The average molecular weight is 507 g/mol. The Bertz CT molecular complexity index is 1140. The van der Waals surface area contributed by atoms with Crippen LogP contribution in [0.5, 0.6) is 0 Å². The van der Waals surface area contributed by atoms with Crippen molar-refractivity contribution in [2.24, 2.45) is 5.73 Å². The maximum Gasteiger partial charge on any atom is 0.307 e. The summed E-state index contributed by atoms with van der Waals surface area (Å²) < 4.78 is 35.8. The van der Waals surface area contributed by atoms with Gasteiger partial charge in [-0.3, -0.25) is 19.2 Å². The minimum atomic E-state index is -0.765. The molecule has 0 aliphatic rings. The summed E-state index contributed by atoms with van der Waals surface area (Å²) in [4.78, 5) is 47.8. The van der Waals surface area contributed by atoms with E-state index >= 15 is 0 Å². The van der Waals surface area contributed by atoms with Gasteiger partial charge < -0.3 is 25.8 Å². The van der Waals surface area contributed by atoms with Gasteiger partial charge in [0.2, 0.25) is 0 Å². The smallest absolute Gasteiger partial charge is 0.307 e. The van der Waals surface area contributed by atoms with Crippen LogP contribution in [0.15, 0.2) is 36.4 Å². The lowest BCUT2D eigenvalue weighted by Crippen LogP contribution is -2.27. The molecule has 194 valence electrons. The molecule has 0 aliphatic heterocycles. The number of halogens is 2. The van der Waals surface area contributed by atoms with Crippen LogP contribution in [0.1, 0.15) is 40.5 Å². The van der Waals surface area contributed by atoms with Crippen LogP contribution in [0.3, 0.4) is 0 Å². The second-order valence-electron chi connectivity index (χ2n) is 6.96. The third kappa shape index (κ3) is 9.86. The summed E-state index contributed by atoms with van der Waals surface area (Å²) in [5, 5.41) is 4.82. The Morgan fingerprint density at radius 1 is 0.889 bits per heavy atom. The molecule has 2 rings (SSSR count). The fourth-order valence-electron chi connectivity index (χ4n) is 2.58. The van der Waals surface area contributed by atoms with Crippen LogP contribution in [0.4, 0.5) is 14.5 Å². The molecule has 10 nitrogen and oxygen atoms in total. The van der Waals surface area contributed by atoms with Crippen molar-refractivity contribution in [3.05, 3.63) is 76.1 Å². The zero-order valence-corrected chi connectivity index (χ0v) is 19.7. The van der Waals surface area contributed by atoms with Gasteiger partial charge in [0.1, 0.15) is 11.6 Å². The van der Waals surface area contributed by atoms with Crippen molar-refractivity contribution >= 4 is 29.4 Å². The van der Waals surface area contributed by atoms with E-state index in [2.05, 4.69) is 25.0 Å². The minimum Gasteiger partial charge on any atom is -0.469 e. The van der Waals surface area contributed by atoms with Crippen molar-refractivity contribution in [3.63, 3.8) is 0 Å². The second kappa shape index (κ2) is 15.5. The average Bonchev–Trinajstić information content (AvgIpc) is 2.88. The molecular formula is C24H28F2N4O6. The molecule has 4 N–H and O–H groups in total. The normalized spacial score (nSPS) is 9.67. The van der Waals surface area contributed by atoms with E-state index in [4.69, 9.17) is 12.3 Å². The van der Waals surface area contributed by atoms with E-state index in [0.717, 1.165) is 6.07 Å². The first-order valence-electron chi connectivity index (χ1n) is 10.5. The van der Waals surface area contributed by atoms with Crippen LogP contribution in [-0.2, 0) is 25.6 Å². The number of hydrogen-bond acceptors (Lipinski definition) is 7. The number of carbonyl (C=O) groups is 4. The van der Waals surface area contributed by atoms with Crippen LogP contribution in [0.25, 0.3) is 4.85 Å². The van der Waals surface area contributed by atoms with Crippen LogP contribution in [-0.4, -0.2) is 51.1 Å². The van der Waals surface area contributed by atoms with Crippen molar-refractivity contribution in [2.75, 3.05) is 27.3 Å². The van der Waals surface area contributed by atoms with Gasteiger partial charge in [-0.05, 0) is 23.8 Å². The lowest BCUT2D eigenvalue weighted by molar-refractivity contribution is -0.141. The van der Waals surface area contributed by atoms with Gasteiger partial charge in [0.25, 0.3) is 11.8 Å². The van der Waals surface area contributed by atoms with Gasteiger partial charge in [-0.2, -0.15) is 0 Å². The molecule has 0 fully saturated rings. The summed E-state index contributed by atoms with van der Waals surface area (Å²) in [5.74, 6) is -3.49. The molecule has 0 radical (unpaired) electrons. The molecule has 0 bridgehead atoms. The quantitative estimate of drug-likeness (QED) is 0.350. The Hall–Kier alpha value is -4.37. The van der Waals surface area contributed by atoms with Crippen molar-refractivity contribution < 1.29 is 38.9 Å². The summed E-state index contributed by atoms with van der Waals surface area (Å²) in [7, 11) is 2.50. The number of nitrogens with one attached hydrogen (secondary N) is 2. The van der Waals surface area contributed by atoms with Crippen LogP contribution in [0.2, 0.25) is 0 Å². The Balaban J connectivity index is 0.000000682. The molecule has 2 aromatic rings. The lowest BCUT2D eigenvalue weighted by atomic mass is 10.1. The number of ether oxygens (including phenoxy) is 2. The molecule has 36 heavy (non-hydrogen) atoms. The minimum absolute atomic E-state index is 0. The zero-order chi connectivity index (χ0) is 27.1. The lowest BCUT2D eigenvalue weighted by Gasteiger charge is -2.06. The number of rotatable bonds is 9. The highest BCUT2D eigenvalue weighted by Gasteiger charge is 2.13. The molecule has 0 heterocycles. The number of esters is 2. The maximum absolute atomic E-state index is 13.5. The van der Waals surface area contributed by atoms with E-state index in [1.807, 2.05) is 0 Å². The predicted molar refractivity (Wildman–Crippen MR) is 127 cm³/mol. The van der Waals surface area contributed by atoms with E-state index < -0.39 is 35.4 Å². The number of carbonyl (C=O) groups excluding carboxylic acids is 4. The van der Waals surface area contributed by atoms with E-state index in [0.29, 0.717) is 5.56 Å². The molecule has 0 aromatic heterocycles. The monoisotopic (exact) mass is 506 g/mol. The Labute approximate surface area is 208 Å². The Morgan fingerprint density at radius 3 is 1.75 bits per heavy atom. The van der Waals surface area contributed by atoms with Gasteiger partial charge in [0.15, 0.2) is 5.69 Å². The highest BCUT2D eigenvalue weighted by molar-refractivity contribution is 5.95. The van der Waals surface area contributed by atoms with E-state index in [-0.39, 0.29) is 50.7 Å². The third-order valence-corrected chi connectivity index (χ3v) is 4.52. The second-order valence-corrected chi connectivity index (χ2v) is 6.96. The molecule has 2 amide bonds. The summed E-state index contributed by atoms with van der Waals surface area (Å²) in [6.45, 7) is 7.08. The van der Waals surface area contributed by atoms with Gasteiger partial charge in [-0.1, -0.05) is 18.2 Å². The molecule has 2 aromatic carbocycles. The fraction of sp³-hybridized carbons (Fsp3) is 0.292. The molecule has 0 saturated carbocycles. The van der Waals surface area contributed by atoms with Crippen LogP contribution >= 0.6 is 0 Å². The Morgan fingerprint density at radius 2 is 1.36 bits per heavy atom. The standard InChI is InChI=1S/C12H11FN2O3.C12H15FN2O3.H2/c1-14-8-3-4-9(10(13)7-8)12(17)15-6-5-11(16)18-2;1-18-11(16)4-5-15-12(17)9-3-2-8(7-14)6-10(9)13;/h3-4,7H,5-6H2,2H3,(H,15,17);2-3,6H,4-5,7,14H2,1H3,(H,15,17);1H. The maximum atomic E-state index is 13.5. The molecule has 12 heteroatoms. The van der Waals surface area contributed by atoms with Crippen LogP contribution < -0.4 is 16.4 Å². The van der Waals surface area contributed by atoms with E-state index in [9.17, 15) is 28.0 Å². The number of hydrogen-bond donors (Lipinski definition) is 3. The molecule has 0 atom stereocenters. The molecule has 0 aliphatic carbocycles. The predicted octanol–water partition coefficient (Wildman–Crippen LogP) is 2.49. The van der Waals surface area contributed by atoms with Gasteiger partial charge in [-0.25, -0.2) is 13.6 Å². The number of nitrogens with two attached hydrogens (primary N) is 1. The number of amides is 2. The van der Waals surface area contributed by atoms with E-state index in [1.165, 1.54) is 38.5 Å². The fourth-order valence-corrected chi connectivity index (χ4v) is 2.58. The number of benzene rings is 2. The zero-order valence-electron chi connectivity index (χ0n) is 19.7. The first-order valence-corrected chi connectivity index (χ1v) is 10.5. The summed E-state index contributed by atoms with van der Waals surface area (Å²) >= 11 is 0. The van der Waals surface area contributed by atoms with Crippen molar-refractivity contribution in [1.82, 2.24) is 10.6 Å². The van der Waals surface area contributed by atoms with Gasteiger partial charge in [0, 0.05) is 21.1 Å². The highest BCUT2D eigenvalue weighted by atomic mass is 19.1. The summed E-state index contributed by atoms with van der Waals surface area (Å²) in [6.07, 6.45) is 0.0642. The summed E-state index contributed by atoms with van der Waals surface area (Å²) in [5.41, 5.74) is 5.86. The van der Waals surface area contributed by atoms with Crippen molar-refractivity contribution in [2.45, 2.75) is 19.4 Å². The van der Waals surface area contributed by atoms with Crippen LogP contribution in [0, 0.1) is 18.2 Å². The van der Waals surface area contributed by atoms with Gasteiger partial charge in [-0.15, -0.1) is 0 Å². The Kier molecular flexibility index (Phi) is 12.8. The van der Waals surface area contributed by atoms with Gasteiger partial charge in [0.05, 0.1) is 44.8 Å². The molecule has 0 saturated heterocycles. The third-order valence-electron chi connectivity index (χ3n) is 4.52. The first-order chi connectivity index (χ1) is 17.2. The topological polar surface area (TPSA) is 141 Å². The molecule has 0 spiro atoms. The first kappa shape index (κ1) is 29.7. The molecular weight excluding hydrogens is 478 g/mol. The van der Waals surface area contributed by atoms with Crippen molar-refractivity contribution in [3.8, 4) is 0 Å².